The first kappa shape index (κ1) is 41.1. The van der Waals surface area contributed by atoms with Crippen LogP contribution in [0.4, 0.5) is 34.1 Å². The minimum atomic E-state index is 0.0804. The Labute approximate surface area is 417 Å². The van der Waals surface area contributed by atoms with Crippen LogP contribution in [0.15, 0.2) is 200 Å². The molecule has 71 heavy (non-hydrogen) atoms. The lowest BCUT2D eigenvalue weighted by Gasteiger charge is -2.61. The molecule has 0 amide bonds. The molecule has 2 nitrogen and oxygen atoms in total. The lowest BCUT2D eigenvalue weighted by Crippen LogP contribution is -2.55. The molecule has 4 saturated carbocycles. The number of hydrogen-bond donors (Lipinski definition) is 0. The summed E-state index contributed by atoms with van der Waals surface area (Å²) in [6.45, 7) is 6.90. The summed E-state index contributed by atoms with van der Waals surface area (Å²) >= 11 is 0. The van der Waals surface area contributed by atoms with Gasteiger partial charge in [-0.3, -0.25) is 0 Å². The minimum absolute atomic E-state index is 0.0804. The minimum Gasteiger partial charge on any atom is -0.310 e. The van der Waals surface area contributed by atoms with Gasteiger partial charge in [-0.2, -0.15) is 0 Å². The maximum Gasteiger partial charge on any atom is 0.0543 e. The van der Waals surface area contributed by atoms with Crippen molar-refractivity contribution in [2.75, 3.05) is 9.80 Å². The van der Waals surface area contributed by atoms with Gasteiger partial charge in [0, 0.05) is 33.1 Å². The molecule has 4 fully saturated rings. The van der Waals surface area contributed by atoms with Crippen molar-refractivity contribution in [2.45, 2.75) is 58.3 Å². The Morgan fingerprint density at radius 1 is 0.394 bits per heavy atom. The van der Waals surface area contributed by atoms with Gasteiger partial charge in [0.05, 0.1) is 22.7 Å². The Bertz CT molecular complexity index is 3900. The average Bonchev–Trinajstić information content (AvgIpc) is 3.71. The van der Waals surface area contributed by atoms with Crippen LogP contribution in [0.1, 0.15) is 59.9 Å². The Hall–Kier alpha value is -7.68. The molecule has 0 N–H and O–H groups in total. The van der Waals surface area contributed by atoms with Gasteiger partial charge in [-0.05, 0) is 196 Å². The molecule has 5 aliphatic carbocycles. The predicted molar refractivity (Wildman–Crippen MR) is 300 cm³/mol. The Morgan fingerprint density at radius 3 is 1.68 bits per heavy atom. The lowest BCUT2D eigenvalue weighted by atomic mass is 9.43. The van der Waals surface area contributed by atoms with Crippen LogP contribution in [-0.2, 0) is 5.41 Å². The van der Waals surface area contributed by atoms with Crippen LogP contribution in [0.5, 0.6) is 0 Å². The maximum absolute atomic E-state index is 2.69. The third kappa shape index (κ3) is 5.94. The molecule has 0 aromatic heterocycles. The van der Waals surface area contributed by atoms with Crippen LogP contribution >= 0.6 is 0 Å². The van der Waals surface area contributed by atoms with E-state index in [-0.39, 0.29) is 5.41 Å². The summed E-state index contributed by atoms with van der Waals surface area (Å²) in [6, 6.07) is 76.3. The van der Waals surface area contributed by atoms with Crippen molar-refractivity contribution in [1.82, 2.24) is 0 Å². The number of aryl methyl sites for hydroxylation is 3. The molecule has 0 aliphatic heterocycles. The summed E-state index contributed by atoms with van der Waals surface area (Å²) in [5.74, 6) is 3.20. The number of hydrogen-bond acceptors (Lipinski definition) is 2. The highest BCUT2D eigenvalue weighted by molar-refractivity contribution is 6.28. The van der Waals surface area contributed by atoms with E-state index < -0.39 is 0 Å². The van der Waals surface area contributed by atoms with Crippen LogP contribution in [0.3, 0.4) is 0 Å². The van der Waals surface area contributed by atoms with Gasteiger partial charge in [0.1, 0.15) is 0 Å². The molecule has 16 rings (SSSR count). The number of anilines is 6. The molecule has 1 spiro atoms. The number of para-hydroxylation sites is 1. The van der Waals surface area contributed by atoms with Gasteiger partial charge in [-0.15, -0.1) is 0 Å². The zero-order valence-electron chi connectivity index (χ0n) is 40.8. The average molecular weight is 913 g/mol. The number of nitrogens with zero attached hydrogens (tertiary/aromatic N) is 2. The number of benzene rings is 11. The third-order valence-electron chi connectivity index (χ3n) is 18.0. The predicted octanol–water partition coefficient (Wildman–Crippen LogP) is 19.0. The first-order chi connectivity index (χ1) is 34.9. The van der Waals surface area contributed by atoms with Gasteiger partial charge < -0.3 is 9.80 Å². The van der Waals surface area contributed by atoms with Crippen LogP contribution in [0, 0.1) is 44.4 Å². The topological polar surface area (TPSA) is 6.48 Å². The summed E-state index contributed by atoms with van der Waals surface area (Å²) in [5, 5.41) is 10.2. The lowest BCUT2D eigenvalue weighted by molar-refractivity contribution is -0.0399. The fourth-order valence-corrected chi connectivity index (χ4v) is 15.6. The van der Waals surface area contributed by atoms with Crippen LogP contribution in [0.25, 0.3) is 65.3 Å². The molecule has 4 bridgehead atoms. The van der Waals surface area contributed by atoms with Crippen LogP contribution in [0.2, 0.25) is 0 Å². The van der Waals surface area contributed by atoms with Crippen molar-refractivity contribution < 1.29 is 0 Å². The molecule has 11 aromatic carbocycles. The zero-order valence-corrected chi connectivity index (χ0v) is 40.8. The van der Waals surface area contributed by atoms with Crippen molar-refractivity contribution in [1.29, 1.82) is 0 Å². The Balaban J connectivity index is 0.955. The van der Waals surface area contributed by atoms with Crippen LogP contribution in [-0.4, -0.2) is 0 Å². The molecular weight excluding hydrogens is 857 g/mol. The Kier molecular flexibility index (Phi) is 8.93. The molecule has 0 saturated heterocycles. The fourth-order valence-electron chi connectivity index (χ4n) is 15.6. The molecule has 11 aromatic rings. The van der Waals surface area contributed by atoms with Gasteiger partial charge in [0.25, 0.3) is 0 Å². The van der Waals surface area contributed by atoms with E-state index >= 15 is 0 Å². The monoisotopic (exact) mass is 912 g/mol. The first-order valence-electron chi connectivity index (χ1n) is 26.2. The van der Waals surface area contributed by atoms with Crippen molar-refractivity contribution in [3.8, 4) is 22.3 Å². The van der Waals surface area contributed by atoms with E-state index in [1.165, 1.54) is 137 Å². The standard InChI is InChI=1S/C69H56N2/c1-42-33-43(2)68(44(3)34-42)71(64-22-12-21-61-67(64)57-19-9-10-20-60(57)69(61)53-36-45-35-46(38-53)39-54(69)37-45)63-32-28-49-25-29-58-62(31-27-48-26-30-59(63)66(49)65(48)58)70(55-16-5-4-6-17-55)56-18-11-15-51(41-56)52-24-23-47-13-7-8-14-50(47)40-52/h4-34,40-41,45-46,53-54H,35-39H2,1-3H3. The van der Waals surface area contributed by atoms with E-state index in [0.717, 1.165) is 23.2 Å². The molecular formula is C69H56N2. The molecule has 5 aliphatic rings. The molecule has 0 atom stereocenters. The number of rotatable bonds is 7. The molecule has 0 unspecified atom stereocenters. The fraction of sp³-hybridized carbons (Fsp3) is 0.188. The van der Waals surface area contributed by atoms with Crippen molar-refractivity contribution in [2.24, 2.45) is 23.7 Å². The highest BCUT2D eigenvalue weighted by atomic mass is 15.2. The van der Waals surface area contributed by atoms with Gasteiger partial charge in [-0.25, -0.2) is 0 Å². The van der Waals surface area contributed by atoms with E-state index in [1.807, 2.05) is 0 Å². The largest absolute Gasteiger partial charge is 0.310 e. The summed E-state index contributed by atoms with van der Waals surface area (Å²) < 4.78 is 0. The van der Waals surface area contributed by atoms with Gasteiger partial charge >= 0.3 is 0 Å². The van der Waals surface area contributed by atoms with Crippen molar-refractivity contribution >= 4 is 77.2 Å². The smallest absolute Gasteiger partial charge is 0.0543 e. The highest BCUT2D eigenvalue weighted by Gasteiger charge is 2.62. The van der Waals surface area contributed by atoms with E-state index in [0.29, 0.717) is 11.8 Å². The number of fused-ring (bicyclic) bond motifs is 4. The molecule has 2 heteroatoms. The second-order valence-electron chi connectivity index (χ2n) is 21.9. The van der Waals surface area contributed by atoms with E-state index in [2.05, 4.69) is 231 Å². The van der Waals surface area contributed by atoms with E-state index in [9.17, 15) is 0 Å². The van der Waals surface area contributed by atoms with Gasteiger partial charge in [0.2, 0.25) is 0 Å². The van der Waals surface area contributed by atoms with E-state index in [4.69, 9.17) is 0 Å². The molecule has 342 valence electrons. The van der Waals surface area contributed by atoms with E-state index in [1.54, 1.807) is 11.1 Å². The normalized spacial score (nSPS) is 20.7. The SMILES string of the molecule is Cc1cc(C)c(N(c2cccc3c2-c2ccccc2C32C3CC4CC(C3)CC2C4)c2ccc3ccc4c(N(c5ccccc5)c5cccc(-c6ccc7ccccc7c6)c5)ccc5ccc2c3c54)c(C)c1. The van der Waals surface area contributed by atoms with Crippen molar-refractivity contribution in [3.63, 3.8) is 0 Å². The first-order valence-corrected chi connectivity index (χ1v) is 26.2. The van der Waals surface area contributed by atoms with Gasteiger partial charge in [-0.1, -0.05) is 157 Å². The summed E-state index contributed by atoms with van der Waals surface area (Å²) in [5.41, 5.74) is 19.7. The summed E-state index contributed by atoms with van der Waals surface area (Å²) in [6.07, 6.45) is 6.95. The quantitative estimate of drug-likeness (QED) is 0.147. The molecule has 0 heterocycles. The molecule has 0 radical (unpaired) electrons. The summed E-state index contributed by atoms with van der Waals surface area (Å²) in [7, 11) is 0. The van der Waals surface area contributed by atoms with Crippen molar-refractivity contribution in [3.05, 3.63) is 228 Å². The van der Waals surface area contributed by atoms with Gasteiger partial charge in [0.15, 0.2) is 0 Å². The third-order valence-corrected chi connectivity index (χ3v) is 18.0. The highest BCUT2D eigenvalue weighted by Crippen LogP contribution is 2.70. The zero-order chi connectivity index (χ0) is 47.1. The Morgan fingerprint density at radius 2 is 0.958 bits per heavy atom. The summed E-state index contributed by atoms with van der Waals surface area (Å²) in [4.78, 5) is 5.16. The van der Waals surface area contributed by atoms with Crippen LogP contribution < -0.4 is 9.80 Å². The second kappa shape index (κ2) is 15.4. The maximum atomic E-state index is 2.69. The second-order valence-corrected chi connectivity index (χ2v) is 21.9.